The van der Waals surface area contributed by atoms with Crippen LogP contribution in [0.25, 0.3) is 0 Å². The lowest BCUT2D eigenvalue weighted by atomic mass is 10.1. The van der Waals surface area contributed by atoms with Crippen molar-refractivity contribution in [1.29, 1.82) is 0 Å². The van der Waals surface area contributed by atoms with E-state index in [1.165, 1.54) is 6.39 Å². The van der Waals surface area contributed by atoms with Crippen molar-refractivity contribution >= 4 is 11.8 Å². The highest BCUT2D eigenvalue weighted by atomic mass is 16.5. The largest absolute Gasteiger partial charge is 0.448 e. The quantitative estimate of drug-likeness (QED) is 0.805. The van der Waals surface area contributed by atoms with Crippen LogP contribution in [0.1, 0.15) is 22.7 Å². The highest BCUT2D eigenvalue weighted by molar-refractivity contribution is 5.93. The molecule has 20 heavy (non-hydrogen) atoms. The normalized spacial score (nSPS) is 18.6. The second-order valence-electron chi connectivity index (χ2n) is 4.87. The number of nitrogens with one attached hydrogen (secondary N) is 1. The minimum atomic E-state index is -0.265. The van der Waals surface area contributed by atoms with Gasteiger partial charge in [0.1, 0.15) is 5.76 Å². The van der Waals surface area contributed by atoms with E-state index in [1.807, 2.05) is 0 Å². The van der Waals surface area contributed by atoms with Gasteiger partial charge in [0.2, 0.25) is 5.91 Å². The molecule has 2 rings (SSSR count). The molecule has 2 heterocycles. The Morgan fingerprint density at radius 3 is 3.10 bits per heavy atom. The Hall–Kier alpha value is -1.89. The van der Waals surface area contributed by atoms with Gasteiger partial charge in [0, 0.05) is 39.1 Å². The zero-order chi connectivity index (χ0) is 14.5. The summed E-state index contributed by atoms with van der Waals surface area (Å²) in [6.07, 6.45) is 1.71. The molecule has 7 nitrogen and oxygen atoms in total. The molecule has 0 spiro atoms. The summed E-state index contributed by atoms with van der Waals surface area (Å²) in [5, 5.41) is 2.79. The number of methoxy groups -OCH3 is 1. The maximum absolute atomic E-state index is 11.9. The molecule has 0 aliphatic carbocycles. The molecule has 0 radical (unpaired) electrons. The third kappa shape index (κ3) is 3.36. The van der Waals surface area contributed by atoms with Crippen molar-refractivity contribution in [2.45, 2.75) is 13.3 Å². The van der Waals surface area contributed by atoms with Gasteiger partial charge in [-0.1, -0.05) is 0 Å². The van der Waals surface area contributed by atoms with E-state index in [0.717, 1.165) is 0 Å². The SMILES string of the molecule is COCCN1CC(CNC(=O)c2ncoc2C)CC1=O. The number of amides is 2. The molecule has 1 aromatic heterocycles. The number of hydrogen-bond donors (Lipinski definition) is 1. The Kier molecular flexibility index (Phi) is 4.73. The third-order valence-corrected chi connectivity index (χ3v) is 3.37. The number of carbonyl (C=O) groups is 2. The van der Waals surface area contributed by atoms with E-state index in [4.69, 9.17) is 9.15 Å². The molecule has 1 saturated heterocycles. The number of aryl methyl sites for hydroxylation is 1. The molecule has 1 atom stereocenters. The first-order valence-electron chi connectivity index (χ1n) is 6.56. The van der Waals surface area contributed by atoms with Crippen LogP contribution in [-0.4, -0.2) is 55.0 Å². The Bertz CT molecular complexity index is 486. The van der Waals surface area contributed by atoms with E-state index < -0.39 is 0 Å². The molecular weight excluding hydrogens is 262 g/mol. The van der Waals surface area contributed by atoms with E-state index >= 15 is 0 Å². The van der Waals surface area contributed by atoms with Crippen molar-refractivity contribution < 1.29 is 18.7 Å². The summed E-state index contributed by atoms with van der Waals surface area (Å²) in [5.74, 6) is 0.472. The van der Waals surface area contributed by atoms with Crippen LogP contribution in [0.2, 0.25) is 0 Å². The molecule has 0 saturated carbocycles. The first-order valence-corrected chi connectivity index (χ1v) is 6.56. The van der Waals surface area contributed by atoms with E-state index in [1.54, 1.807) is 18.9 Å². The molecule has 7 heteroatoms. The summed E-state index contributed by atoms with van der Waals surface area (Å²) in [7, 11) is 1.61. The predicted octanol–water partition coefficient (Wildman–Crippen LogP) is 0.208. The van der Waals surface area contributed by atoms with Crippen molar-refractivity contribution in [2.75, 3.05) is 33.4 Å². The molecule has 1 aliphatic rings. The van der Waals surface area contributed by atoms with Crippen molar-refractivity contribution in [2.24, 2.45) is 5.92 Å². The molecule has 1 aromatic rings. The first kappa shape index (κ1) is 14.5. The van der Waals surface area contributed by atoms with Crippen LogP contribution >= 0.6 is 0 Å². The summed E-state index contributed by atoms with van der Waals surface area (Å²) in [4.78, 5) is 29.2. The van der Waals surface area contributed by atoms with Gasteiger partial charge in [0.05, 0.1) is 6.61 Å². The highest BCUT2D eigenvalue weighted by Crippen LogP contribution is 2.16. The van der Waals surface area contributed by atoms with Crippen molar-refractivity contribution in [3.05, 3.63) is 17.8 Å². The molecule has 0 aromatic carbocycles. The number of rotatable bonds is 6. The lowest BCUT2D eigenvalue weighted by Crippen LogP contribution is -2.32. The predicted molar refractivity (Wildman–Crippen MR) is 70.1 cm³/mol. The van der Waals surface area contributed by atoms with Crippen molar-refractivity contribution in [1.82, 2.24) is 15.2 Å². The summed E-state index contributed by atoms with van der Waals surface area (Å²) in [5.41, 5.74) is 0.297. The standard InChI is InChI=1S/C13H19N3O4/c1-9-12(15-8-20-9)13(18)14-6-10-5-11(17)16(7-10)3-4-19-2/h8,10H,3-7H2,1-2H3,(H,14,18). The fourth-order valence-electron chi connectivity index (χ4n) is 2.25. The maximum Gasteiger partial charge on any atom is 0.273 e. The Balaban J connectivity index is 1.79. The van der Waals surface area contributed by atoms with Gasteiger partial charge in [-0.05, 0) is 6.92 Å². The molecule has 1 aliphatic heterocycles. The Morgan fingerprint density at radius 2 is 2.45 bits per heavy atom. The fourth-order valence-corrected chi connectivity index (χ4v) is 2.25. The van der Waals surface area contributed by atoms with Gasteiger partial charge in [-0.25, -0.2) is 4.98 Å². The highest BCUT2D eigenvalue weighted by Gasteiger charge is 2.29. The zero-order valence-corrected chi connectivity index (χ0v) is 11.7. The Morgan fingerprint density at radius 1 is 1.65 bits per heavy atom. The number of carbonyl (C=O) groups excluding carboxylic acids is 2. The summed E-state index contributed by atoms with van der Waals surface area (Å²) < 4.78 is 9.95. The number of hydrogen-bond acceptors (Lipinski definition) is 5. The summed E-state index contributed by atoms with van der Waals surface area (Å²) >= 11 is 0. The van der Waals surface area contributed by atoms with Crippen molar-refractivity contribution in [3.8, 4) is 0 Å². The lowest BCUT2D eigenvalue weighted by molar-refractivity contribution is -0.128. The van der Waals surface area contributed by atoms with E-state index in [9.17, 15) is 9.59 Å². The van der Waals surface area contributed by atoms with Crippen molar-refractivity contribution in [3.63, 3.8) is 0 Å². The molecule has 1 fully saturated rings. The smallest absolute Gasteiger partial charge is 0.273 e. The topological polar surface area (TPSA) is 84.7 Å². The van der Waals surface area contributed by atoms with E-state index in [0.29, 0.717) is 44.1 Å². The van der Waals surface area contributed by atoms with Gasteiger partial charge in [0.25, 0.3) is 5.91 Å². The van der Waals surface area contributed by atoms with Crippen LogP contribution in [0.3, 0.4) is 0 Å². The molecule has 1 unspecified atom stereocenters. The fraction of sp³-hybridized carbons (Fsp3) is 0.615. The van der Waals surface area contributed by atoms with Gasteiger partial charge >= 0.3 is 0 Å². The third-order valence-electron chi connectivity index (χ3n) is 3.37. The van der Waals surface area contributed by atoms with Crippen LogP contribution in [-0.2, 0) is 9.53 Å². The molecular formula is C13H19N3O4. The van der Waals surface area contributed by atoms with Gasteiger partial charge < -0.3 is 19.4 Å². The number of likely N-dealkylation sites (tertiary alicyclic amines) is 1. The van der Waals surface area contributed by atoms with Crippen LogP contribution in [0.4, 0.5) is 0 Å². The first-order chi connectivity index (χ1) is 9.61. The monoisotopic (exact) mass is 281 g/mol. The maximum atomic E-state index is 11.9. The summed E-state index contributed by atoms with van der Waals surface area (Å²) in [6, 6.07) is 0. The van der Waals surface area contributed by atoms with Gasteiger partial charge in [-0.2, -0.15) is 0 Å². The lowest BCUT2D eigenvalue weighted by Gasteiger charge is -2.16. The zero-order valence-electron chi connectivity index (χ0n) is 11.7. The second kappa shape index (κ2) is 6.51. The van der Waals surface area contributed by atoms with Crippen LogP contribution in [0.15, 0.2) is 10.8 Å². The molecule has 2 amide bonds. The average molecular weight is 281 g/mol. The molecule has 0 bridgehead atoms. The molecule has 1 N–H and O–H groups in total. The van der Waals surface area contributed by atoms with Crippen LogP contribution < -0.4 is 5.32 Å². The average Bonchev–Trinajstić information content (AvgIpc) is 3.00. The van der Waals surface area contributed by atoms with Gasteiger partial charge in [-0.15, -0.1) is 0 Å². The van der Waals surface area contributed by atoms with Crippen LogP contribution in [0.5, 0.6) is 0 Å². The number of ether oxygens (including phenoxy) is 1. The van der Waals surface area contributed by atoms with Crippen LogP contribution in [0, 0.1) is 12.8 Å². The van der Waals surface area contributed by atoms with Gasteiger partial charge in [0.15, 0.2) is 12.1 Å². The number of nitrogens with zero attached hydrogens (tertiary/aromatic N) is 2. The minimum Gasteiger partial charge on any atom is -0.448 e. The Labute approximate surface area is 117 Å². The second-order valence-corrected chi connectivity index (χ2v) is 4.87. The van der Waals surface area contributed by atoms with E-state index in [-0.39, 0.29) is 17.7 Å². The van der Waals surface area contributed by atoms with Gasteiger partial charge in [-0.3, -0.25) is 9.59 Å². The number of oxazole rings is 1. The minimum absolute atomic E-state index is 0.110. The molecule has 110 valence electrons. The van der Waals surface area contributed by atoms with E-state index in [2.05, 4.69) is 10.3 Å². The number of aromatic nitrogens is 1. The summed E-state index contributed by atoms with van der Waals surface area (Å²) in [6.45, 7) is 3.93.